The van der Waals surface area contributed by atoms with E-state index in [0.717, 1.165) is 50.3 Å². The first-order chi connectivity index (χ1) is 10.5. The van der Waals surface area contributed by atoms with Crippen LogP contribution in [0.25, 0.3) is 0 Å². The SMILES string of the molecule is Cc1n[nH]c(C)c1CCCN(C)C(=O)C1CC12CCNCC2.Cl. The molecule has 0 radical (unpaired) electrons. The van der Waals surface area contributed by atoms with Gasteiger partial charge in [-0.25, -0.2) is 0 Å². The number of rotatable bonds is 5. The molecular formula is C17H29ClN4O. The van der Waals surface area contributed by atoms with Crippen LogP contribution < -0.4 is 5.32 Å². The van der Waals surface area contributed by atoms with E-state index in [1.807, 2.05) is 18.9 Å². The monoisotopic (exact) mass is 340 g/mol. The highest BCUT2D eigenvalue weighted by Crippen LogP contribution is 2.59. The van der Waals surface area contributed by atoms with Gasteiger partial charge in [-0.05, 0) is 70.0 Å². The Labute approximate surface area is 145 Å². The van der Waals surface area contributed by atoms with E-state index < -0.39 is 0 Å². The van der Waals surface area contributed by atoms with Crippen LogP contribution in [0.15, 0.2) is 0 Å². The Morgan fingerprint density at radius 3 is 2.65 bits per heavy atom. The van der Waals surface area contributed by atoms with Crippen LogP contribution in [-0.4, -0.2) is 47.7 Å². The molecule has 0 bridgehead atoms. The summed E-state index contributed by atoms with van der Waals surface area (Å²) in [5.41, 5.74) is 3.89. The maximum absolute atomic E-state index is 12.6. The second-order valence-corrected chi connectivity index (χ2v) is 7.14. The fourth-order valence-electron chi connectivity index (χ4n) is 3.99. The van der Waals surface area contributed by atoms with Crippen LogP contribution in [0.3, 0.4) is 0 Å². The molecule has 23 heavy (non-hydrogen) atoms. The Balaban J connectivity index is 0.00000192. The van der Waals surface area contributed by atoms with Crippen LogP contribution >= 0.6 is 12.4 Å². The third kappa shape index (κ3) is 3.72. The maximum atomic E-state index is 12.6. The molecule has 2 heterocycles. The van der Waals surface area contributed by atoms with Crippen molar-refractivity contribution in [3.05, 3.63) is 17.0 Å². The van der Waals surface area contributed by atoms with Gasteiger partial charge >= 0.3 is 0 Å². The minimum Gasteiger partial charge on any atom is -0.345 e. The van der Waals surface area contributed by atoms with Crippen molar-refractivity contribution in [3.63, 3.8) is 0 Å². The number of piperidine rings is 1. The minimum absolute atomic E-state index is 0. The molecule has 1 aromatic heterocycles. The van der Waals surface area contributed by atoms with E-state index in [4.69, 9.17) is 0 Å². The molecule has 130 valence electrons. The van der Waals surface area contributed by atoms with Gasteiger partial charge in [0.15, 0.2) is 0 Å². The summed E-state index contributed by atoms with van der Waals surface area (Å²) in [7, 11) is 1.96. The van der Waals surface area contributed by atoms with Gasteiger partial charge in [0.1, 0.15) is 0 Å². The molecule has 5 nitrogen and oxygen atoms in total. The molecule has 0 aromatic carbocycles. The topological polar surface area (TPSA) is 61.0 Å². The molecule has 1 amide bonds. The molecule has 1 aromatic rings. The second kappa shape index (κ2) is 7.22. The predicted molar refractivity (Wildman–Crippen MR) is 93.9 cm³/mol. The van der Waals surface area contributed by atoms with E-state index in [9.17, 15) is 4.79 Å². The van der Waals surface area contributed by atoms with Crippen LogP contribution in [0.1, 0.15) is 42.6 Å². The van der Waals surface area contributed by atoms with E-state index in [0.29, 0.717) is 11.3 Å². The fourth-order valence-corrected chi connectivity index (χ4v) is 3.99. The van der Waals surface area contributed by atoms with Crippen molar-refractivity contribution >= 4 is 18.3 Å². The molecule has 1 atom stereocenters. The number of H-pyrrole nitrogens is 1. The number of nitrogens with zero attached hydrogens (tertiary/aromatic N) is 2. The highest BCUT2D eigenvalue weighted by molar-refractivity contribution is 5.85. The molecule has 1 unspecified atom stereocenters. The van der Waals surface area contributed by atoms with Crippen molar-refractivity contribution in [2.24, 2.45) is 11.3 Å². The number of nitrogens with one attached hydrogen (secondary N) is 2. The van der Waals surface area contributed by atoms with Crippen molar-refractivity contribution in [1.82, 2.24) is 20.4 Å². The van der Waals surface area contributed by atoms with Crippen molar-refractivity contribution in [3.8, 4) is 0 Å². The summed E-state index contributed by atoms with van der Waals surface area (Å²) in [6, 6.07) is 0. The zero-order valence-electron chi connectivity index (χ0n) is 14.4. The second-order valence-electron chi connectivity index (χ2n) is 7.14. The Morgan fingerprint density at radius 1 is 1.35 bits per heavy atom. The molecule has 1 aliphatic heterocycles. The minimum atomic E-state index is 0. The van der Waals surface area contributed by atoms with Crippen LogP contribution in [-0.2, 0) is 11.2 Å². The van der Waals surface area contributed by atoms with E-state index in [-0.39, 0.29) is 18.3 Å². The third-order valence-electron chi connectivity index (χ3n) is 5.66. The van der Waals surface area contributed by atoms with Crippen molar-refractivity contribution in [2.75, 3.05) is 26.7 Å². The molecule has 3 rings (SSSR count). The number of hydrogen-bond donors (Lipinski definition) is 2. The summed E-state index contributed by atoms with van der Waals surface area (Å²) in [6.07, 6.45) is 5.45. The molecule has 2 aliphatic rings. The van der Waals surface area contributed by atoms with Gasteiger partial charge in [0.25, 0.3) is 0 Å². The lowest BCUT2D eigenvalue weighted by Gasteiger charge is -2.25. The standard InChI is InChI=1S/C17H28N4O.ClH/c1-12-14(13(2)20-19-12)5-4-10-21(3)16(22)15-11-17(15)6-8-18-9-7-17;/h15,18H,4-11H2,1-3H3,(H,19,20);1H. The van der Waals surface area contributed by atoms with Gasteiger partial charge in [0, 0.05) is 25.2 Å². The van der Waals surface area contributed by atoms with Gasteiger partial charge in [0.2, 0.25) is 5.91 Å². The Kier molecular flexibility index (Phi) is 5.74. The normalized spacial score (nSPS) is 21.8. The average Bonchev–Trinajstić information content (AvgIpc) is 3.11. The third-order valence-corrected chi connectivity index (χ3v) is 5.66. The number of aromatic nitrogens is 2. The molecule has 2 fully saturated rings. The number of hydrogen-bond acceptors (Lipinski definition) is 3. The van der Waals surface area contributed by atoms with Gasteiger partial charge in [-0.15, -0.1) is 12.4 Å². The first-order valence-electron chi connectivity index (χ1n) is 8.50. The number of carbonyl (C=O) groups excluding carboxylic acids is 1. The van der Waals surface area contributed by atoms with Crippen LogP contribution in [0.2, 0.25) is 0 Å². The number of carbonyl (C=O) groups is 1. The van der Waals surface area contributed by atoms with Crippen LogP contribution in [0, 0.1) is 25.2 Å². The van der Waals surface area contributed by atoms with Crippen molar-refractivity contribution in [1.29, 1.82) is 0 Å². The summed E-state index contributed by atoms with van der Waals surface area (Å²) >= 11 is 0. The Bertz CT molecular complexity index is 531. The molecule has 1 saturated carbocycles. The lowest BCUT2D eigenvalue weighted by atomic mass is 9.91. The molecule has 6 heteroatoms. The molecule has 1 saturated heterocycles. The van der Waals surface area contributed by atoms with E-state index >= 15 is 0 Å². The molecule has 1 aliphatic carbocycles. The molecule has 2 N–H and O–H groups in total. The highest BCUT2D eigenvalue weighted by atomic mass is 35.5. The maximum Gasteiger partial charge on any atom is 0.226 e. The van der Waals surface area contributed by atoms with E-state index in [1.54, 1.807) is 0 Å². The zero-order valence-corrected chi connectivity index (χ0v) is 15.3. The Hall–Kier alpha value is -1.07. The van der Waals surface area contributed by atoms with Crippen LogP contribution in [0.4, 0.5) is 0 Å². The van der Waals surface area contributed by atoms with E-state index in [1.165, 1.54) is 18.4 Å². The van der Waals surface area contributed by atoms with Gasteiger partial charge in [0.05, 0.1) is 5.69 Å². The van der Waals surface area contributed by atoms with Gasteiger partial charge in [-0.1, -0.05) is 0 Å². The number of amides is 1. The molecular weight excluding hydrogens is 312 g/mol. The lowest BCUT2D eigenvalue weighted by Crippen LogP contribution is -2.35. The van der Waals surface area contributed by atoms with Gasteiger partial charge in [-0.2, -0.15) is 5.10 Å². The quantitative estimate of drug-likeness (QED) is 0.864. The first-order valence-corrected chi connectivity index (χ1v) is 8.50. The van der Waals surface area contributed by atoms with Gasteiger partial charge in [-0.3, -0.25) is 9.89 Å². The molecule has 1 spiro atoms. The van der Waals surface area contributed by atoms with E-state index in [2.05, 4.69) is 22.4 Å². The largest absolute Gasteiger partial charge is 0.345 e. The number of aryl methyl sites for hydroxylation is 2. The summed E-state index contributed by atoms with van der Waals surface area (Å²) in [4.78, 5) is 14.5. The van der Waals surface area contributed by atoms with Crippen molar-refractivity contribution in [2.45, 2.75) is 46.0 Å². The van der Waals surface area contributed by atoms with Crippen molar-refractivity contribution < 1.29 is 4.79 Å². The van der Waals surface area contributed by atoms with Crippen LogP contribution in [0.5, 0.6) is 0 Å². The van der Waals surface area contributed by atoms with Gasteiger partial charge < -0.3 is 10.2 Å². The summed E-state index contributed by atoms with van der Waals surface area (Å²) in [5, 5.41) is 10.7. The number of halogens is 1. The summed E-state index contributed by atoms with van der Waals surface area (Å²) < 4.78 is 0. The Morgan fingerprint density at radius 2 is 2.04 bits per heavy atom. The number of aromatic amines is 1. The smallest absolute Gasteiger partial charge is 0.226 e. The lowest BCUT2D eigenvalue weighted by molar-refractivity contribution is -0.132. The fraction of sp³-hybridized carbons (Fsp3) is 0.765. The first kappa shape index (κ1) is 18.3. The average molecular weight is 341 g/mol. The summed E-state index contributed by atoms with van der Waals surface area (Å²) in [5.74, 6) is 0.652. The predicted octanol–water partition coefficient (Wildman–Crippen LogP) is 2.23. The highest BCUT2D eigenvalue weighted by Gasteiger charge is 2.58. The summed E-state index contributed by atoms with van der Waals surface area (Å²) in [6.45, 7) is 7.10. The zero-order chi connectivity index (χ0) is 15.7.